The van der Waals surface area contributed by atoms with Crippen molar-refractivity contribution in [2.75, 3.05) is 5.32 Å². The molecule has 0 unspecified atom stereocenters. The third-order valence-electron chi connectivity index (χ3n) is 3.90. The molecule has 0 spiro atoms. The molecule has 1 amide bonds. The summed E-state index contributed by atoms with van der Waals surface area (Å²) in [5, 5.41) is 3.23. The third kappa shape index (κ3) is 3.41. The number of rotatable bonds is 3. The fourth-order valence-electron chi connectivity index (χ4n) is 2.67. The smallest absolute Gasteiger partial charge is 0.412 e. The lowest BCUT2D eigenvalue weighted by atomic mass is 10.2. The molecule has 2 heterocycles. The molecule has 0 atom stereocenters. The third-order valence-corrected chi connectivity index (χ3v) is 3.90. The van der Waals surface area contributed by atoms with Gasteiger partial charge in [-0.1, -0.05) is 0 Å². The Balaban J connectivity index is 1.96. The standard InChI is InChI=1S/C17H23N3O3/c1-17(2,3)23-16(22)18-12-10-19(4)13-7-8-20(9-11-5-6-11)15(21)14(12)13/h7-8,10-11H,5-6,9H2,1-4H3,(H,18,22). The van der Waals surface area contributed by atoms with E-state index in [-0.39, 0.29) is 5.56 Å². The summed E-state index contributed by atoms with van der Waals surface area (Å²) in [5.41, 5.74) is 0.641. The Morgan fingerprint density at radius 2 is 2.09 bits per heavy atom. The van der Waals surface area contributed by atoms with Gasteiger partial charge in [0, 0.05) is 26.0 Å². The normalized spacial score (nSPS) is 15.0. The molecule has 1 saturated carbocycles. The zero-order valence-corrected chi connectivity index (χ0v) is 14.0. The van der Waals surface area contributed by atoms with Crippen LogP contribution in [0.1, 0.15) is 33.6 Å². The first-order valence-electron chi connectivity index (χ1n) is 7.93. The number of nitrogens with one attached hydrogen (secondary N) is 1. The lowest BCUT2D eigenvalue weighted by Crippen LogP contribution is -2.27. The highest BCUT2D eigenvalue weighted by molar-refractivity contribution is 5.99. The molecule has 0 saturated heterocycles. The summed E-state index contributed by atoms with van der Waals surface area (Å²) < 4.78 is 8.85. The van der Waals surface area contributed by atoms with Crippen LogP contribution in [-0.2, 0) is 18.3 Å². The molecule has 124 valence electrons. The van der Waals surface area contributed by atoms with Crippen molar-refractivity contribution in [3.8, 4) is 0 Å². The van der Waals surface area contributed by atoms with E-state index in [0.29, 0.717) is 17.0 Å². The lowest BCUT2D eigenvalue weighted by Gasteiger charge is -2.19. The summed E-state index contributed by atoms with van der Waals surface area (Å²) in [4.78, 5) is 24.8. The van der Waals surface area contributed by atoms with Crippen molar-refractivity contribution in [3.05, 3.63) is 28.8 Å². The number of amides is 1. The van der Waals surface area contributed by atoms with E-state index in [1.165, 1.54) is 12.8 Å². The van der Waals surface area contributed by atoms with E-state index in [0.717, 1.165) is 12.1 Å². The Morgan fingerprint density at radius 1 is 1.39 bits per heavy atom. The Hall–Kier alpha value is -2.24. The molecule has 2 aromatic rings. The van der Waals surface area contributed by atoms with Crippen LogP contribution in [0, 0.1) is 5.92 Å². The maximum atomic E-state index is 12.8. The van der Waals surface area contributed by atoms with Crippen molar-refractivity contribution >= 4 is 22.7 Å². The maximum absolute atomic E-state index is 12.8. The number of hydrogen-bond acceptors (Lipinski definition) is 3. The zero-order chi connectivity index (χ0) is 16.8. The maximum Gasteiger partial charge on any atom is 0.412 e. The molecular weight excluding hydrogens is 294 g/mol. The first-order valence-corrected chi connectivity index (χ1v) is 7.93. The van der Waals surface area contributed by atoms with Crippen molar-refractivity contribution in [2.45, 2.75) is 45.8 Å². The van der Waals surface area contributed by atoms with E-state index in [1.54, 1.807) is 31.5 Å². The SMILES string of the molecule is Cn1cc(NC(=O)OC(C)(C)C)c2c(=O)n(CC3CC3)ccc21. The highest BCUT2D eigenvalue weighted by Gasteiger charge is 2.24. The number of nitrogens with zero attached hydrogens (tertiary/aromatic N) is 2. The minimum Gasteiger partial charge on any atom is -0.444 e. The van der Waals surface area contributed by atoms with E-state index in [2.05, 4.69) is 5.32 Å². The average Bonchev–Trinajstić information content (AvgIpc) is 3.16. The van der Waals surface area contributed by atoms with Crippen molar-refractivity contribution in [2.24, 2.45) is 13.0 Å². The van der Waals surface area contributed by atoms with E-state index < -0.39 is 11.7 Å². The molecular formula is C17H23N3O3. The van der Waals surface area contributed by atoms with Crippen molar-refractivity contribution in [1.82, 2.24) is 9.13 Å². The molecule has 1 aliphatic carbocycles. The van der Waals surface area contributed by atoms with Gasteiger partial charge in [0.25, 0.3) is 5.56 Å². The van der Waals surface area contributed by atoms with Crippen LogP contribution < -0.4 is 10.9 Å². The highest BCUT2D eigenvalue weighted by Crippen LogP contribution is 2.30. The molecule has 0 radical (unpaired) electrons. The van der Waals surface area contributed by atoms with E-state index in [9.17, 15) is 9.59 Å². The number of anilines is 1. The first-order chi connectivity index (χ1) is 10.7. The van der Waals surface area contributed by atoms with Gasteiger partial charge in [-0.3, -0.25) is 10.1 Å². The van der Waals surface area contributed by atoms with Gasteiger partial charge in [0.15, 0.2) is 0 Å². The predicted octanol–water partition coefficient (Wildman–Crippen LogP) is 3.10. The second kappa shape index (κ2) is 5.44. The summed E-state index contributed by atoms with van der Waals surface area (Å²) in [6, 6.07) is 1.92. The topological polar surface area (TPSA) is 65.3 Å². The van der Waals surface area contributed by atoms with Gasteiger partial charge in [-0.2, -0.15) is 0 Å². The lowest BCUT2D eigenvalue weighted by molar-refractivity contribution is 0.0636. The molecule has 3 rings (SSSR count). The van der Waals surface area contributed by atoms with Crippen LogP contribution >= 0.6 is 0 Å². The molecule has 0 bridgehead atoms. The summed E-state index contributed by atoms with van der Waals surface area (Å²) in [5.74, 6) is 0.608. The number of aromatic nitrogens is 2. The number of carbonyl (C=O) groups excluding carboxylic acids is 1. The Bertz CT molecular complexity index is 807. The minimum absolute atomic E-state index is 0.0685. The van der Waals surface area contributed by atoms with Crippen LogP contribution in [0.3, 0.4) is 0 Å². The number of ether oxygens (including phenoxy) is 1. The van der Waals surface area contributed by atoms with Gasteiger partial charge >= 0.3 is 6.09 Å². The molecule has 6 nitrogen and oxygen atoms in total. The average molecular weight is 317 g/mol. The summed E-state index contributed by atoms with van der Waals surface area (Å²) in [6.45, 7) is 6.16. The molecule has 0 aromatic carbocycles. The number of pyridine rings is 1. The summed E-state index contributed by atoms with van der Waals surface area (Å²) >= 11 is 0. The fourth-order valence-corrected chi connectivity index (χ4v) is 2.67. The predicted molar refractivity (Wildman–Crippen MR) is 89.8 cm³/mol. The van der Waals surface area contributed by atoms with Gasteiger partial charge in [0.1, 0.15) is 5.60 Å². The summed E-state index contributed by atoms with van der Waals surface area (Å²) in [6.07, 6.45) is 5.39. The van der Waals surface area contributed by atoms with Crippen LogP contribution in [0.4, 0.5) is 10.5 Å². The highest BCUT2D eigenvalue weighted by atomic mass is 16.6. The molecule has 0 aliphatic heterocycles. The Labute approximate surface area is 135 Å². The van der Waals surface area contributed by atoms with Crippen molar-refractivity contribution < 1.29 is 9.53 Å². The molecule has 1 aliphatic rings. The second-order valence-electron chi connectivity index (χ2n) is 7.26. The van der Waals surface area contributed by atoms with Gasteiger partial charge in [0.2, 0.25) is 0 Å². The van der Waals surface area contributed by atoms with Gasteiger partial charge in [0.05, 0.1) is 16.6 Å². The molecule has 23 heavy (non-hydrogen) atoms. The van der Waals surface area contributed by atoms with Crippen molar-refractivity contribution in [3.63, 3.8) is 0 Å². The van der Waals surface area contributed by atoms with Crippen LogP contribution in [0.15, 0.2) is 23.3 Å². The molecule has 6 heteroatoms. The second-order valence-corrected chi connectivity index (χ2v) is 7.26. The number of fused-ring (bicyclic) bond motifs is 1. The molecule has 1 fully saturated rings. The van der Waals surface area contributed by atoms with Crippen molar-refractivity contribution in [1.29, 1.82) is 0 Å². The van der Waals surface area contributed by atoms with Crippen LogP contribution in [0.5, 0.6) is 0 Å². The fraction of sp³-hybridized carbons (Fsp3) is 0.529. The van der Waals surface area contributed by atoms with Gasteiger partial charge < -0.3 is 13.9 Å². The van der Waals surface area contributed by atoms with Crippen LogP contribution in [0.25, 0.3) is 10.9 Å². The van der Waals surface area contributed by atoms with E-state index in [4.69, 9.17) is 4.74 Å². The molecule has 2 aromatic heterocycles. The van der Waals surface area contributed by atoms with Gasteiger partial charge in [-0.15, -0.1) is 0 Å². The quantitative estimate of drug-likeness (QED) is 0.946. The first kappa shape index (κ1) is 15.6. The van der Waals surface area contributed by atoms with E-state index >= 15 is 0 Å². The Kier molecular flexibility index (Phi) is 3.70. The van der Waals surface area contributed by atoms with Crippen LogP contribution in [0.2, 0.25) is 0 Å². The monoisotopic (exact) mass is 317 g/mol. The summed E-state index contributed by atoms with van der Waals surface area (Å²) in [7, 11) is 1.85. The van der Waals surface area contributed by atoms with E-state index in [1.807, 2.05) is 23.9 Å². The number of carbonyl (C=O) groups is 1. The zero-order valence-electron chi connectivity index (χ0n) is 14.0. The van der Waals surface area contributed by atoms with Gasteiger partial charge in [-0.25, -0.2) is 4.79 Å². The largest absolute Gasteiger partial charge is 0.444 e. The van der Waals surface area contributed by atoms with Gasteiger partial charge in [-0.05, 0) is 45.6 Å². The minimum atomic E-state index is -0.582. The number of aryl methyl sites for hydroxylation is 1. The molecule has 1 N–H and O–H groups in total. The van der Waals surface area contributed by atoms with Crippen LogP contribution in [-0.4, -0.2) is 20.8 Å². The number of hydrogen-bond donors (Lipinski definition) is 1. The Morgan fingerprint density at radius 3 is 2.70 bits per heavy atom.